The molecule has 5 heteroatoms. The van der Waals surface area contributed by atoms with E-state index in [4.69, 9.17) is 5.11 Å². The van der Waals surface area contributed by atoms with Crippen molar-refractivity contribution < 1.29 is 18.7 Å². The standard InChI is InChI=1S/C11H13F2NO2/c1-14(2)10(6-11(15)16)7-3-4-8(12)9(13)5-7/h3-5,10H,6H2,1-2H3,(H,15,16). The zero-order valence-electron chi connectivity index (χ0n) is 9.08. The lowest BCUT2D eigenvalue weighted by Gasteiger charge is -2.23. The number of carboxylic acid groups (broad SMARTS) is 1. The Kier molecular flexibility index (Phi) is 3.95. The highest BCUT2D eigenvalue weighted by Gasteiger charge is 2.19. The van der Waals surface area contributed by atoms with Gasteiger partial charge in [-0.15, -0.1) is 0 Å². The van der Waals surface area contributed by atoms with E-state index >= 15 is 0 Å². The van der Waals surface area contributed by atoms with Gasteiger partial charge in [-0.05, 0) is 31.8 Å². The van der Waals surface area contributed by atoms with Crippen LogP contribution < -0.4 is 0 Å². The van der Waals surface area contributed by atoms with Crippen molar-refractivity contribution in [1.29, 1.82) is 0 Å². The molecule has 0 aliphatic heterocycles. The Hall–Kier alpha value is -1.49. The summed E-state index contributed by atoms with van der Waals surface area (Å²) in [5, 5.41) is 8.72. The van der Waals surface area contributed by atoms with E-state index in [-0.39, 0.29) is 6.42 Å². The first-order valence-electron chi connectivity index (χ1n) is 4.75. The molecule has 0 bridgehead atoms. The lowest BCUT2D eigenvalue weighted by molar-refractivity contribution is -0.138. The molecule has 16 heavy (non-hydrogen) atoms. The zero-order chi connectivity index (χ0) is 12.3. The van der Waals surface area contributed by atoms with Crippen LogP contribution in [0, 0.1) is 11.6 Å². The lowest BCUT2D eigenvalue weighted by Crippen LogP contribution is -2.22. The average molecular weight is 229 g/mol. The van der Waals surface area contributed by atoms with E-state index in [1.807, 2.05) is 0 Å². The Balaban J connectivity index is 3.01. The van der Waals surface area contributed by atoms with Crippen molar-refractivity contribution in [3.05, 3.63) is 35.4 Å². The summed E-state index contributed by atoms with van der Waals surface area (Å²) in [5.74, 6) is -2.88. The van der Waals surface area contributed by atoms with Gasteiger partial charge in [0.2, 0.25) is 0 Å². The van der Waals surface area contributed by atoms with E-state index in [1.54, 1.807) is 19.0 Å². The predicted octanol–water partition coefficient (Wildman–Crippen LogP) is 2.04. The van der Waals surface area contributed by atoms with E-state index in [0.717, 1.165) is 12.1 Å². The van der Waals surface area contributed by atoms with Crippen molar-refractivity contribution in [3.63, 3.8) is 0 Å². The highest BCUT2D eigenvalue weighted by Crippen LogP contribution is 2.23. The van der Waals surface area contributed by atoms with E-state index in [2.05, 4.69) is 0 Å². The SMILES string of the molecule is CN(C)C(CC(=O)O)c1ccc(F)c(F)c1. The minimum absolute atomic E-state index is 0.155. The number of carboxylic acids is 1. The molecule has 0 aliphatic carbocycles. The molecule has 88 valence electrons. The second kappa shape index (κ2) is 5.03. The van der Waals surface area contributed by atoms with Crippen molar-refractivity contribution >= 4 is 5.97 Å². The van der Waals surface area contributed by atoms with Crippen LogP contribution in [0.2, 0.25) is 0 Å². The smallest absolute Gasteiger partial charge is 0.305 e. The monoisotopic (exact) mass is 229 g/mol. The molecular formula is C11H13F2NO2. The first kappa shape index (κ1) is 12.6. The molecule has 1 aromatic carbocycles. The molecule has 1 atom stereocenters. The van der Waals surface area contributed by atoms with Crippen LogP contribution in [0.3, 0.4) is 0 Å². The highest BCUT2D eigenvalue weighted by atomic mass is 19.2. The van der Waals surface area contributed by atoms with Crippen LogP contribution in [-0.2, 0) is 4.79 Å². The second-order valence-corrected chi connectivity index (χ2v) is 3.75. The molecule has 1 unspecified atom stereocenters. The van der Waals surface area contributed by atoms with Gasteiger partial charge in [0.1, 0.15) is 0 Å². The molecule has 1 aromatic rings. The van der Waals surface area contributed by atoms with Crippen LogP contribution in [0.5, 0.6) is 0 Å². The Morgan fingerprint density at radius 3 is 2.44 bits per heavy atom. The third-order valence-electron chi connectivity index (χ3n) is 2.32. The summed E-state index contributed by atoms with van der Waals surface area (Å²) in [6.07, 6.45) is -0.155. The minimum Gasteiger partial charge on any atom is -0.481 e. The van der Waals surface area contributed by atoms with Crippen molar-refractivity contribution in [2.45, 2.75) is 12.5 Å². The van der Waals surface area contributed by atoms with Crippen LogP contribution in [0.15, 0.2) is 18.2 Å². The molecule has 0 saturated carbocycles. The molecule has 1 rings (SSSR count). The van der Waals surface area contributed by atoms with Crippen molar-refractivity contribution in [1.82, 2.24) is 4.90 Å². The summed E-state index contributed by atoms with van der Waals surface area (Å²) in [7, 11) is 3.38. The second-order valence-electron chi connectivity index (χ2n) is 3.75. The number of hydrogen-bond donors (Lipinski definition) is 1. The summed E-state index contributed by atoms with van der Waals surface area (Å²) >= 11 is 0. The Morgan fingerprint density at radius 1 is 1.38 bits per heavy atom. The molecule has 0 radical (unpaired) electrons. The number of rotatable bonds is 4. The zero-order valence-corrected chi connectivity index (χ0v) is 9.08. The van der Waals surface area contributed by atoms with Gasteiger partial charge in [-0.2, -0.15) is 0 Å². The molecule has 3 nitrogen and oxygen atoms in total. The van der Waals surface area contributed by atoms with Crippen molar-refractivity contribution in [2.24, 2.45) is 0 Å². The minimum atomic E-state index is -0.983. The molecule has 0 aliphatic rings. The largest absolute Gasteiger partial charge is 0.481 e. The van der Waals surface area contributed by atoms with E-state index < -0.39 is 23.6 Å². The van der Waals surface area contributed by atoms with Crippen LogP contribution in [-0.4, -0.2) is 30.1 Å². The number of halogens is 2. The molecule has 0 saturated heterocycles. The van der Waals surface area contributed by atoms with Gasteiger partial charge in [0.15, 0.2) is 11.6 Å². The summed E-state index contributed by atoms with van der Waals surface area (Å²) in [5.41, 5.74) is 0.450. The lowest BCUT2D eigenvalue weighted by atomic mass is 10.0. The van der Waals surface area contributed by atoms with E-state index in [1.165, 1.54) is 6.07 Å². The van der Waals surface area contributed by atoms with Gasteiger partial charge in [-0.25, -0.2) is 8.78 Å². The first-order valence-corrected chi connectivity index (χ1v) is 4.75. The fraction of sp³-hybridized carbons (Fsp3) is 0.364. The Morgan fingerprint density at radius 2 is 2.00 bits per heavy atom. The number of benzene rings is 1. The van der Waals surface area contributed by atoms with Gasteiger partial charge in [0, 0.05) is 6.04 Å². The Bertz CT molecular complexity index is 394. The van der Waals surface area contributed by atoms with Gasteiger partial charge in [-0.3, -0.25) is 4.79 Å². The van der Waals surface area contributed by atoms with Gasteiger partial charge in [0.05, 0.1) is 6.42 Å². The molecule has 0 aromatic heterocycles. The first-order chi connectivity index (χ1) is 7.41. The van der Waals surface area contributed by atoms with Crippen molar-refractivity contribution in [2.75, 3.05) is 14.1 Å². The summed E-state index contributed by atoms with van der Waals surface area (Å²) in [6, 6.07) is 2.96. The topological polar surface area (TPSA) is 40.5 Å². The maximum absolute atomic E-state index is 13.0. The third kappa shape index (κ3) is 3.00. The van der Waals surface area contributed by atoms with Gasteiger partial charge >= 0.3 is 5.97 Å². The predicted molar refractivity (Wildman–Crippen MR) is 55.0 cm³/mol. The number of carbonyl (C=O) groups is 1. The average Bonchev–Trinajstić information content (AvgIpc) is 2.18. The molecular weight excluding hydrogens is 216 g/mol. The quantitative estimate of drug-likeness (QED) is 0.858. The molecule has 0 spiro atoms. The van der Waals surface area contributed by atoms with Crippen LogP contribution in [0.4, 0.5) is 8.78 Å². The summed E-state index contributed by atoms with van der Waals surface area (Å²) in [4.78, 5) is 12.3. The van der Waals surface area contributed by atoms with E-state index in [9.17, 15) is 13.6 Å². The van der Waals surface area contributed by atoms with Gasteiger partial charge in [-0.1, -0.05) is 6.07 Å². The van der Waals surface area contributed by atoms with E-state index in [0.29, 0.717) is 5.56 Å². The summed E-state index contributed by atoms with van der Waals surface area (Å²) < 4.78 is 25.7. The van der Waals surface area contributed by atoms with Gasteiger partial charge in [0.25, 0.3) is 0 Å². The highest BCUT2D eigenvalue weighted by molar-refractivity contribution is 5.67. The number of hydrogen-bond acceptors (Lipinski definition) is 2. The third-order valence-corrected chi connectivity index (χ3v) is 2.32. The normalized spacial score (nSPS) is 12.8. The fourth-order valence-corrected chi connectivity index (χ4v) is 1.48. The molecule has 0 amide bonds. The summed E-state index contributed by atoms with van der Waals surface area (Å²) in [6.45, 7) is 0. The fourth-order valence-electron chi connectivity index (χ4n) is 1.48. The maximum Gasteiger partial charge on any atom is 0.305 e. The number of nitrogens with zero attached hydrogens (tertiary/aromatic N) is 1. The van der Waals surface area contributed by atoms with Gasteiger partial charge < -0.3 is 10.0 Å². The Labute approximate surface area is 92.3 Å². The van der Waals surface area contributed by atoms with Crippen molar-refractivity contribution in [3.8, 4) is 0 Å². The molecule has 0 heterocycles. The van der Waals surface area contributed by atoms with Crippen LogP contribution in [0.1, 0.15) is 18.0 Å². The molecule has 0 fully saturated rings. The van der Waals surface area contributed by atoms with Crippen LogP contribution >= 0.6 is 0 Å². The molecule has 1 N–H and O–H groups in total. The van der Waals surface area contributed by atoms with Crippen LogP contribution in [0.25, 0.3) is 0 Å². The maximum atomic E-state index is 13.0. The number of aliphatic carboxylic acids is 1.